The van der Waals surface area contributed by atoms with Crippen LogP contribution < -0.4 is 10.1 Å². The van der Waals surface area contributed by atoms with Crippen molar-refractivity contribution in [1.29, 1.82) is 0 Å². The van der Waals surface area contributed by atoms with Crippen LogP contribution in [0.5, 0.6) is 5.75 Å². The summed E-state index contributed by atoms with van der Waals surface area (Å²) in [5, 5.41) is 2.77. The molecular weight excluding hydrogens is 430 g/mol. The van der Waals surface area contributed by atoms with Gasteiger partial charge in [-0.3, -0.25) is 4.79 Å². The molecule has 0 aliphatic rings. The van der Waals surface area contributed by atoms with Crippen molar-refractivity contribution in [3.8, 4) is 5.75 Å². The van der Waals surface area contributed by atoms with Crippen molar-refractivity contribution in [3.05, 3.63) is 53.1 Å². The number of hydrogen-bond donors (Lipinski definition) is 1. The minimum atomic E-state index is -3.69. The van der Waals surface area contributed by atoms with Gasteiger partial charge in [0.25, 0.3) is 0 Å². The second-order valence-electron chi connectivity index (χ2n) is 7.95. The zero-order valence-corrected chi connectivity index (χ0v) is 20.5. The van der Waals surface area contributed by atoms with Gasteiger partial charge in [0.2, 0.25) is 15.9 Å². The maximum atomic E-state index is 13.0. The summed E-state index contributed by atoms with van der Waals surface area (Å²) < 4.78 is 37.8. The fourth-order valence-electron chi connectivity index (χ4n) is 3.32. The Labute approximate surface area is 191 Å². The molecule has 0 atom stereocenters. The molecular formula is C23H33N3O5S. The van der Waals surface area contributed by atoms with Gasteiger partial charge in [0.1, 0.15) is 12.4 Å². The number of anilines is 1. The van der Waals surface area contributed by atoms with Crippen molar-refractivity contribution in [1.82, 2.24) is 9.21 Å². The molecule has 2 aromatic rings. The second kappa shape index (κ2) is 11.4. The second-order valence-corrected chi connectivity index (χ2v) is 9.93. The van der Waals surface area contributed by atoms with Gasteiger partial charge in [-0.2, -0.15) is 4.31 Å². The van der Waals surface area contributed by atoms with Crippen LogP contribution in [0.2, 0.25) is 0 Å². The van der Waals surface area contributed by atoms with Crippen molar-refractivity contribution in [2.24, 2.45) is 0 Å². The number of carbonyl (C=O) groups is 1. The lowest BCUT2D eigenvalue weighted by molar-refractivity contribution is -0.120. The third-order valence-corrected chi connectivity index (χ3v) is 7.02. The number of sulfonamides is 1. The van der Waals surface area contributed by atoms with Gasteiger partial charge >= 0.3 is 0 Å². The zero-order valence-electron chi connectivity index (χ0n) is 19.6. The van der Waals surface area contributed by atoms with E-state index < -0.39 is 10.0 Å². The Balaban J connectivity index is 1.85. The molecule has 0 aromatic heterocycles. The van der Waals surface area contributed by atoms with Gasteiger partial charge in [-0.15, -0.1) is 0 Å². The Kier molecular flexibility index (Phi) is 9.21. The van der Waals surface area contributed by atoms with Gasteiger partial charge in [0.05, 0.1) is 18.6 Å². The van der Waals surface area contributed by atoms with Gasteiger partial charge in [-0.05, 0) is 68.9 Å². The van der Waals surface area contributed by atoms with E-state index in [1.54, 1.807) is 33.1 Å². The minimum Gasteiger partial charge on any atom is -0.497 e. The standard InChI is InChI=1S/C23H33N3O5S/c1-17-13-21(30-6)14-18(2)23(17)32(28,29)26(5)11-12-31-16-22(27)24-20-9-7-19(8-10-20)15-25(3)4/h7-10,13-14H,11-12,15-16H2,1-6H3,(H,24,27). The Bertz CT molecular complexity index is 997. The molecule has 0 unspecified atom stereocenters. The Morgan fingerprint density at radius 3 is 2.16 bits per heavy atom. The summed E-state index contributed by atoms with van der Waals surface area (Å²) in [6.07, 6.45) is 0. The van der Waals surface area contributed by atoms with E-state index in [1.807, 2.05) is 38.4 Å². The number of carbonyl (C=O) groups excluding carboxylic acids is 1. The maximum absolute atomic E-state index is 13.0. The number of rotatable bonds is 11. The van der Waals surface area contributed by atoms with Crippen LogP contribution in [0.25, 0.3) is 0 Å². The summed E-state index contributed by atoms with van der Waals surface area (Å²) in [7, 11) is 3.34. The third-order valence-electron chi connectivity index (χ3n) is 4.86. The topological polar surface area (TPSA) is 88.2 Å². The van der Waals surface area contributed by atoms with Crippen LogP contribution in [-0.4, -0.2) is 71.5 Å². The van der Waals surface area contributed by atoms with E-state index in [0.717, 1.165) is 12.1 Å². The van der Waals surface area contributed by atoms with Crippen molar-refractivity contribution >= 4 is 21.6 Å². The van der Waals surface area contributed by atoms with E-state index in [-0.39, 0.29) is 30.6 Å². The Morgan fingerprint density at radius 2 is 1.62 bits per heavy atom. The molecule has 1 amide bonds. The first-order valence-electron chi connectivity index (χ1n) is 10.3. The monoisotopic (exact) mass is 463 g/mol. The predicted molar refractivity (Wildman–Crippen MR) is 126 cm³/mol. The van der Waals surface area contributed by atoms with Crippen LogP contribution in [0, 0.1) is 13.8 Å². The van der Waals surface area contributed by atoms with E-state index in [4.69, 9.17) is 9.47 Å². The number of aryl methyl sites for hydroxylation is 2. The van der Waals surface area contributed by atoms with Crippen molar-refractivity contribution < 1.29 is 22.7 Å². The zero-order chi connectivity index (χ0) is 23.9. The number of hydrogen-bond acceptors (Lipinski definition) is 6. The summed E-state index contributed by atoms with van der Waals surface area (Å²) in [5.41, 5.74) is 3.07. The highest BCUT2D eigenvalue weighted by Gasteiger charge is 2.25. The van der Waals surface area contributed by atoms with Gasteiger partial charge in [-0.25, -0.2) is 8.42 Å². The van der Waals surface area contributed by atoms with E-state index >= 15 is 0 Å². The first-order valence-corrected chi connectivity index (χ1v) is 11.7. The molecule has 0 aliphatic carbocycles. The lowest BCUT2D eigenvalue weighted by atomic mass is 10.1. The van der Waals surface area contributed by atoms with Crippen LogP contribution in [0.15, 0.2) is 41.3 Å². The van der Waals surface area contributed by atoms with Gasteiger partial charge < -0.3 is 19.7 Å². The molecule has 2 rings (SSSR count). The number of methoxy groups -OCH3 is 1. The molecule has 176 valence electrons. The van der Waals surface area contributed by atoms with E-state index in [0.29, 0.717) is 22.6 Å². The van der Waals surface area contributed by atoms with Gasteiger partial charge in [0, 0.05) is 25.8 Å². The SMILES string of the molecule is COc1cc(C)c(S(=O)(=O)N(C)CCOCC(=O)Nc2ccc(CN(C)C)cc2)c(C)c1. The molecule has 32 heavy (non-hydrogen) atoms. The molecule has 0 radical (unpaired) electrons. The van der Waals surface area contributed by atoms with Crippen molar-refractivity contribution in [2.75, 3.05) is 53.3 Å². The maximum Gasteiger partial charge on any atom is 0.250 e. The highest BCUT2D eigenvalue weighted by molar-refractivity contribution is 7.89. The number of likely N-dealkylation sites (N-methyl/N-ethyl adjacent to an activating group) is 1. The highest BCUT2D eigenvalue weighted by Crippen LogP contribution is 2.27. The molecule has 0 heterocycles. The lowest BCUT2D eigenvalue weighted by Gasteiger charge is -2.20. The van der Waals surface area contributed by atoms with Crippen LogP contribution in [0.1, 0.15) is 16.7 Å². The number of nitrogens with zero attached hydrogens (tertiary/aromatic N) is 2. The average molecular weight is 464 g/mol. The molecule has 0 fully saturated rings. The molecule has 0 spiro atoms. The normalized spacial score (nSPS) is 11.8. The highest BCUT2D eigenvalue weighted by atomic mass is 32.2. The molecule has 0 saturated heterocycles. The molecule has 0 aliphatic heterocycles. The van der Waals surface area contributed by atoms with E-state index in [1.165, 1.54) is 11.4 Å². The van der Waals surface area contributed by atoms with Crippen molar-refractivity contribution in [3.63, 3.8) is 0 Å². The van der Waals surface area contributed by atoms with Crippen LogP contribution >= 0.6 is 0 Å². The molecule has 8 nitrogen and oxygen atoms in total. The Hall–Kier alpha value is -2.46. The summed E-state index contributed by atoms with van der Waals surface area (Å²) in [6, 6.07) is 11.0. The first kappa shape index (κ1) is 25.8. The fourth-order valence-corrected chi connectivity index (χ4v) is 4.88. The molecule has 0 saturated carbocycles. The van der Waals surface area contributed by atoms with Gasteiger partial charge in [0.15, 0.2) is 0 Å². The number of nitrogens with one attached hydrogen (secondary N) is 1. The first-order chi connectivity index (χ1) is 15.0. The third kappa shape index (κ3) is 7.03. The van der Waals surface area contributed by atoms with Crippen LogP contribution in [-0.2, 0) is 26.1 Å². The summed E-state index contributed by atoms with van der Waals surface area (Å²) >= 11 is 0. The summed E-state index contributed by atoms with van der Waals surface area (Å²) in [6.45, 7) is 4.37. The fraction of sp³-hybridized carbons (Fsp3) is 0.435. The van der Waals surface area contributed by atoms with Crippen molar-refractivity contribution in [2.45, 2.75) is 25.3 Å². The smallest absolute Gasteiger partial charge is 0.250 e. The summed E-state index contributed by atoms with van der Waals surface area (Å²) in [4.78, 5) is 14.4. The largest absolute Gasteiger partial charge is 0.497 e. The van der Waals surface area contributed by atoms with E-state index in [9.17, 15) is 13.2 Å². The lowest BCUT2D eigenvalue weighted by Crippen LogP contribution is -2.32. The number of ether oxygens (including phenoxy) is 2. The average Bonchev–Trinajstić information content (AvgIpc) is 2.71. The molecule has 1 N–H and O–H groups in total. The quantitative estimate of drug-likeness (QED) is 0.516. The molecule has 2 aromatic carbocycles. The van der Waals surface area contributed by atoms with E-state index in [2.05, 4.69) is 10.2 Å². The minimum absolute atomic E-state index is 0.0964. The number of amides is 1. The van der Waals surface area contributed by atoms with Gasteiger partial charge in [-0.1, -0.05) is 12.1 Å². The predicted octanol–water partition coefficient (Wildman–Crippen LogP) is 2.65. The van der Waals surface area contributed by atoms with Crippen LogP contribution in [0.4, 0.5) is 5.69 Å². The summed E-state index contributed by atoms with van der Waals surface area (Å²) in [5.74, 6) is 0.320. The molecule has 0 bridgehead atoms. The Morgan fingerprint density at radius 1 is 1.03 bits per heavy atom. The molecule has 9 heteroatoms. The number of benzene rings is 2. The van der Waals surface area contributed by atoms with Crippen LogP contribution in [0.3, 0.4) is 0 Å².